The van der Waals surface area contributed by atoms with Gasteiger partial charge in [-0.3, -0.25) is 9.59 Å². The molecule has 0 bridgehead atoms. The minimum absolute atomic E-state index is 0.215. The number of carbonyl (C=O) groups is 2. The molecule has 0 spiro atoms. The second-order valence-electron chi connectivity index (χ2n) is 5.45. The molecule has 1 amide bonds. The summed E-state index contributed by atoms with van der Waals surface area (Å²) < 4.78 is 10.9. The van der Waals surface area contributed by atoms with E-state index in [1.54, 1.807) is 6.07 Å². The fourth-order valence-electron chi connectivity index (χ4n) is 2.60. The van der Waals surface area contributed by atoms with Crippen molar-refractivity contribution in [2.45, 2.75) is 13.0 Å². The summed E-state index contributed by atoms with van der Waals surface area (Å²) in [7, 11) is 0. The number of nitrogens with zero attached hydrogens (tertiary/aromatic N) is 1. The summed E-state index contributed by atoms with van der Waals surface area (Å²) >= 11 is 0. The predicted molar refractivity (Wildman–Crippen MR) is 81.1 cm³/mol. The van der Waals surface area contributed by atoms with Crippen LogP contribution in [0.4, 0.5) is 0 Å². The van der Waals surface area contributed by atoms with Gasteiger partial charge in [0, 0.05) is 18.7 Å². The van der Waals surface area contributed by atoms with E-state index >= 15 is 0 Å². The highest BCUT2D eigenvalue weighted by Gasteiger charge is 2.33. The number of hydrogen-bond donors (Lipinski definition) is 1. The molecule has 1 saturated heterocycles. The average Bonchev–Trinajstić information content (AvgIpc) is 3.22. The van der Waals surface area contributed by atoms with Crippen molar-refractivity contribution in [2.24, 2.45) is 5.92 Å². The van der Waals surface area contributed by atoms with Gasteiger partial charge in [0.2, 0.25) is 0 Å². The minimum atomic E-state index is -0.868. The fraction of sp³-hybridized carbons (Fsp3) is 0.294. The van der Waals surface area contributed by atoms with Crippen LogP contribution in [0.1, 0.15) is 22.5 Å². The van der Waals surface area contributed by atoms with Crippen LogP contribution in [0.5, 0.6) is 5.75 Å². The Morgan fingerprint density at radius 3 is 2.74 bits per heavy atom. The number of carboxylic acids is 1. The van der Waals surface area contributed by atoms with Gasteiger partial charge in [-0.15, -0.1) is 0 Å². The van der Waals surface area contributed by atoms with E-state index in [4.69, 9.17) is 14.3 Å². The van der Waals surface area contributed by atoms with Gasteiger partial charge in [0.05, 0.1) is 12.2 Å². The monoisotopic (exact) mass is 315 g/mol. The summed E-state index contributed by atoms with van der Waals surface area (Å²) in [5.74, 6) is -0.734. The number of ether oxygens (including phenoxy) is 1. The average molecular weight is 315 g/mol. The smallest absolute Gasteiger partial charge is 0.308 e. The Hall–Kier alpha value is -2.76. The molecule has 6 nitrogen and oxygen atoms in total. The molecule has 120 valence electrons. The Bertz CT molecular complexity index is 694. The quantitative estimate of drug-likeness (QED) is 0.916. The number of likely N-dealkylation sites (tertiary alicyclic amines) is 1. The fourth-order valence-corrected chi connectivity index (χ4v) is 2.60. The zero-order valence-corrected chi connectivity index (χ0v) is 12.5. The molecule has 1 aromatic carbocycles. The summed E-state index contributed by atoms with van der Waals surface area (Å²) in [4.78, 5) is 25.0. The SMILES string of the molecule is O=C(O)[C@H]1CCN(C(=O)c2occc2COc2ccccc2)C1. The molecule has 23 heavy (non-hydrogen) atoms. The number of hydrogen-bond acceptors (Lipinski definition) is 4. The summed E-state index contributed by atoms with van der Waals surface area (Å²) in [6, 6.07) is 11.0. The molecule has 0 aliphatic carbocycles. The van der Waals surface area contributed by atoms with Crippen LogP contribution in [-0.2, 0) is 11.4 Å². The molecule has 1 N–H and O–H groups in total. The first-order valence-electron chi connectivity index (χ1n) is 7.41. The van der Waals surface area contributed by atoms with E-state index in [-0.39, 0.29) is 24.8 Å². The number of furan rings is 1. The van der Waals surface area contributed by atoms with Crippen LogP contribution >= 0.6 is 0 Å². The molecule has 0 unspecified atom stereocenters. The molecular formula is C17H17NO5. The maximum Gasteiger partial charge on any atom is 0.308 e. The summed E-state index contributed by atoms with van der Waals surface area (Å²) in [6.07, 6.45) is 1.92. The van der Waals surface area contributed by atoms with Crippen molar-refractivity contribution in [3.63, 3.8) is 0 Å². The van der Waals surface area contributed by atoms with Gasteiger partial charge >= 0.3 is 5.97 Å². The van der Waals surface area contributed by atoms with Gasteiger partial charge in [-0.25, -0.2) is 0 Å². The van der Waals surface area contributed by atoms with Gasteiger partial charge in [-0.2, -0.15) is 0 Å². The number of aliphatic carboxylic acids is 1. The predicted octanol–water partition coefficient (Wildman–Crippen LogP) is 2.41. The zero-order valence-electron chi connectivity index (χ0n) is 12.5. The molecule has 1 aromatic heterocycles. The molecule has 2 aromatic rings. The third kappa shape index (κ3) is 3.36. The highest BCUT2D eigenvalue weighted by atomic mass is 16.5. The molecule has 1 fully saturated rings. The van der Waals surface area contributed by atoms with E-state index in [1.807, 2.05) is 30.3 Å². The lowest BCUT2D eigenvalue weighted by atomic mass is 10.1. The number of rotatable bonds is 5. The Labute approximate surface area is 133 Å². The van der Waals surface area contributed by atoms with Crippen molar-refractivity contribution < 1.29 is 23.8 Å². The molecule has 0 saturated carbocycles. The molecule has 1 aliphatic rings. The van der Waals surface area contributed by atoms with Gasteiger partial charge in [-0.1, -0.05) is 18.2 Å². The highest BCUT2D eigenvalue weighted by Crippen LogP contribution is 2.22. The maximum atomic E-state index is 12.5. The third-order valence-electron chi connectivity index (χ3n) is 3.90. The molecule has 2 heterocycles. The number of para-hydroxylation sites is 1. The molecular weight excluding hydrogens is 298 g/mol. The normalized spacial score (nSPS) is 17.2. The van der Waals surface area contributed by atoms with Crippen molar-refractivity contribution in [1.29, 1.82) is 0 Å². The van der Waals surface area contributed by atoms with Crippen molar-refractivity contribution >= 4 is 11.9 Å². The Balaban J connectivity index is 1.66. The lowest BCUT2D eigenvalue weighted by molar-refractivity contribution is -0.141. The molecule has 6 heteroatoms. The summed E-state index contributed by atoms with van der Waals surface area (Å²) in [5, 5.41) is 9.03. The second kappa shape index (κ2) is 6.56. The van der Waals surface area contributed by atoms with Crippen LogP contribution in [-0.4, -0.2) is 35.0 Å². The first-order valence-corrected chi connectivity index (χ1v) is 7.41. The van der Waals surface area contributed by atoms with Crippen molar-refractivity contribution in [3.05, 3.63) is 54.0 Å². The first kappa shape index (κ1) is 15.1. The topological polar surface area (TPSA) is 80.0 Å². The van der Waals surface area contributed by atoms with E-state index in [0.717, 1.165) is 0 Å². The Morgan fingerprint density at radius 1 is 1.26 bits per heavy atom. The van der Waals surface area contributed by atoms with Crippen LogP contribution in [0.3, 0.4) is 0 Å². The number of benzene rings is 1. The Kier molecular flexibility index (Phi) is 4.32. The second-order valence-corrected chi connectivity index (χ2v) is 5.45. The summed E-state index contributed by atoms with van der Waals surface area (Å²) in [6.45, 7) is 0.862. The third-order valence-corrected chi connectivity index (χ3v) is 3.90. The Morgan fingerprint density at radius 2 is 2.04 bits per heavy atom. The van der Waals surface area contributed by atoms with E-state index in [2.05, 4.69) is 0 Å². The summed E-state index contributed by atoms with van der Waals surface area (Å²) in [5.41, 5.74) is 0.651. The van der Waals surface area contributed by atoms with Crippen LogP contribution < -0.4 is 4.74 Å². The maximum absolute atomic E-state index is 12.5. The minimum Gasteiger partial charge on any atom is -0.489 e. The van der Waals surface area contributed by atoms with E-state index in [0.29, 0.717) is 24.3 Å². The van der Waals surface area contributed by atoms with Gasteiger partial charge < -0.3 is 19.2 Å². The molecule has 1 atom stereocenters. The van der Waals surface area contributed by atoms with Crippen molar-refractivity contribution in [3.8, 4) is 5.75 Å². The zero-order chi connectivity index (χ0) is 16.2. The number of carbonyl (C=O) groups excluding carboxylic acids is 1. The van der Waals surface area contributed by atoms with Gasteiger partial charge in [-0.05, 0) is 24.6 Å². The van der Waals surface area contributed by atoms with E-state index in [9.17, 15) is 9.59 Å². The van der Waals surface area contributed by atoms with Crippen LogP contribution in [0, 0.1) is 5.92 Å². The van der Waals surface area contributed by atoms with E-state index in [1.165, 1.54) is 11.2 Å². The van der Waals surface area contributed by atoms with Gasteiger partial charge in [0.25, 0.3) is 5.91 Å². The van der Waals surface area contributed by atoms with Gasteiger partial charge in [0.15, 0.2) is 5.76 Å². The first-order chi connectivity index (χ1) is 11.1. The van der Waals surface area contributed by atoms with Crippen LogP contribution in [0.2, 0.25) is 0 Å². The largest absolute Gasteiger partial charge is 0.489 e. The van der Waals surface area contributed by atoms with E-state index < -0.39 is 11.9 Å². The van der Waals surface area contributed by atoms with Gasteiger partial charge in [0.1, 0.15) is 12.4 Å². The molecule has 1 aliphatic heterocycles. The number of amides is 1. The lowest BCUT2D eigenvalue weighted by Gasteiger charge is -2.15. The lowest BCUT2D eigenvalue weighted by Crippen LogP contribution is -2.30. The molecule has 0 radical (unpaired) electrons. The standard InChI is InChI=1S/C17H17NO5/c19-16(18-8-6-12(10-18)17(20)21)15-13(7-9-22-15)11-23-14-4-2-1-3-5-14/h1-5,7,9,12H,6,8,10-11H2,(H,20,21)/t12-/m0/s1. The van der Waals surface area contributed by atoms with Crippen LogP contribution in [0.15, 0.2) is 47.1 Å². The van der Waals surface area contributed by atoms with Crippen LogP contribution in [0.25, 0.3) is 0 Å². The number of carboxylic acid groups (broad SMARTS) is 1. The highest BCUT2D eigenvalue weighted by molar-refractivity contribution is 5.93. The van der Waals surface area contributed by atoms with Crippen molar-refractivity contribution in [1.82, 2.24) is 4.90 Å². The van der Waals surface area contributed by atoms with Crippen molar-refractivity contribution in [2.75, 3.05) is 13.1 Å². The molecule has 3 rings (SSSR count).